The average molecular weight is 222 g/mol. The molecule has 1 aliphatic heterocycles. The first-order valence-electron chi connectivity index (χ1n) is 5.51. The lowest BCUT2D eigenvalue weighted by Gasteiger charge is -2.39. The summed E-state index contributed by atoms with van der Waals surface area (Å²) in [6.45, 7) is 4.51. The van der Waals surface area contributed by atoms with Gasteiger partial charge < -0.3 is 4.74 Å². The van der Waals surface area contributed by atoms with Crippen LogP contribution in [-0.2, 0) is 11.2 Å². The van der Waals surface area contributed by atoms with Crippen LogP contribution in [0.15, 0.2) is 18.2 Å². The van der Waals surface area contributed by atoms with Gasteiger partial charge >= 0.3 is 0 Å². The smallest absolute Gasteiger partial charge is 0.123 e. The van der Waals surface area contributed by atoms with Crippen LogP contribution < -0.4 is 4.74 Å². The van der Waals surface area contributed by atoms with Crippen molar-refractivity contribution in [3.63, 3.8) is 0 Å². The maximum atomic E-state index is 5.45. The van der Waals surface area contributed by atoms with Gasteiger partial charge in [-0.05, 0) is 37.1 Å². The van der Waals surface area contributed by atoms with Crippen molar-refractivity contribution in [2.24, 2.45) is 0 Å². The predicted molar refractivity (Wildman–Crippen MR) is 66.8 cm³/mol. The Bertz CT molecular complexity index is 356. The van der Waals surface area contributed by atoms with Gasteiger partial charge in [-0.3, -0.25) is 0 Å². The lowest BCUT2D eigenvalue weighted by Crippen LogP contribution is -2.28. The molecular formula is C13H18OS. The summed E-state index contributed by atoms with van der Waals surface area (Å²) in [7, 11) is 1.76. The van der Waals surface area contributed by atoms with Crippen molar-refractivity contribution in [1.82, 2.24) is 0 Å². The van der Waals surface area contributed by atoms with Crippen molar-refractivity contribution in [2.45, 2.75) is 31.4 Å². The standard InChI is InChI=1S/C13H18OS/c1-4-10-5-6-12(14-3)11(9-10)13(2)7-8-15-13/h5-6,9H,4,7-8H2,1-3H3. The summed E-state index contributed by atoms with van der Waals surface area (Å²) in [4.78, 5) is 0. The first-order valence-corrected chi connectivity index (χ1v) is 6.49. The monoisotopic (exact) mass is 222 g/mol. The van der Waals surface area contributed by atoms with Crippen LogP contribution >= 0.6 is 11.8 Å². The zero-order valence-corrected chi connectivity index (χ0v) is 10.5. The molecule has 0 aliphatic carbocycles. The molecule has 0 bridgehead atoms. The fourth-order valence-electron chi connectivity index (χ4n) is 2.01. The van der Waals surface area contributed by atoms with Crippen LogP contribution in [0, 0.1) is 0 Å². The maximum absolute atomic E-state index is 5.45. The highest BCUT2D eigenvalue weighted by molar-refractivity contribution is 8.01. The van der Waals surface area contributed by atoms with E-state index in [1.165, 1.54) is 23.3 Å². The molecule has 1 aromatic rings. The molecule has 1 aliphatic rings. The van der Waals surface area contributed by atoms with E-state index in [0.29, 0.717) is 0 Å². The molecule has 1 nitrogen and oxygen atoms in total. The third-order valence-electron chi connectivity index (χ3n) is 3.24. The Morgan fingerprint density at radius 3 is 2.67 bits per heavy atom. The molecule has 1 fully saturated rings. The molecular weight excluding hydrogens is 204 g/mol. The predicted octanol–water partition coefficient (Wildman–Crippen LogP) is 3.61. The zero-order valence-electron chi connectivity index (χ0n) is 9.67. The van der Waals surface area contributed by atoms with Gasteiger partial charge in [0, 0.05) is 10.3 Å². The number of ether oxygens (including phenoxy) is 1. The fourth-order valence-corrected chi connectivity index (χ4v) is 3.14. The van der Waals surface area contributed by atoms with Crippen LogP contribution in [0.25, 0.3) is 0 Å². The molecule has 0 aromatic heterocycles. The van der Waals surface area contributed by atoms with Crippen LogP contribution in [0.4, 0.5) is 0 Å². The average Bonchev–Trinajstić information content (AvgIpc) is 2.25. The second kappa shape index (κ2) is 4.09. The van der Waals surface area contributed by atoms with Gasteiger partial charge in [0.05, 0.1) is 7.11 Å². The summed E-state index contributed by atoms with van der Waals surface area (Å²) in [5.74, 6) is 2.32. The highest BCUT2D eigenvalue weighted by atomic mass is 32.2. The van der Waals surface area contributed by atoms with E-state index in [2.05, 4.69) is 32.0 Å². The maximum Gasteiger partial charge on any atom is 0.123 e. The number of hydrogen-bond donors (Lipinski definition) is 0. The number of hydrogen-bond acceptors (Lipinski definition) is 2. The quantitative estimate of drug-likeness (QED) is 0.772. The minimum Gasteiger partial charge on any atom is -0.496 e. The summed E-state index contributed by atoms with van der Waals surface area (Å²) in [5.41, 5.74) is 2.78. The Morgan fingerprint density at radius 1 is 1.47 bits per heavy atom. The Labute approximate surface area is 96.2 Å². The molecule has 2 heteroatoms. The van der Waals surface area contributed by atoms with Gasteiger partial charge in [-0.2, -0.15) is 11.8 Å². The molecule has 1 aromatic carbocycles. The molecule has 0 N–H and O–H groups in total. The summed E-state index contributed by atoms with van der Waals surface area (Å²) in [6, 6.07) is 6.58. The molecule has 1 unspecified atom stereocenters. The van der Waals surface area contributed by atoms with Crippen molar-refractivity contribution in [3.8, 4) is 5.75 Å². The second-order valence-electron chi connectivity index (χ2n) is 4.22. The molecule has 0 saturated carbocycles. The number of rotatable bonds is 3. The van der Waals surface area contributed by atoms with E-state index in [0.717, 1.165) is 12.2 Å². The zero-order chi connectivity index (χ0) is 10.9. The van der Waals surface area contributed by atoms with Crippen LogP contribution in [-0.4, -0.2) is 12.9 Å². The Hall–Kier alpha value is -0.630. The Kier molecular flexibility index (Phi) is 2.96. The topological polar surface area (TPSA) is 9.23 Å². The lowest BCUT2D eigenvalue weighted by molar-refractivity contribution is 0.401. The normalized spacial score (nSPS) is 24.7. The first-order chi connectivity index (χ1) is 7.19. The van der Waals surface area contributed by atoms with Crippen LogP contribution in [0.1, 0.15) is 31.4 Å². The lowest BCUT2D eigenvalue weighted by atomic mass is 9.93. The van der Waals surface area contributed by atoms with Crippen molar-refractivity contribution in [1.29, 1.82) is 0 Å². The summed E-state index contributed by atoms with van der Waals surface area (Å²) < 4.78 is 5.74. The van der Waals surface area contributed by atoms with Gasteiger partial charge in [-0.15, -0.1) is 0 Å². The van der Waals surface area contributed by atoms with E-state index in [9.17, 15) is 0 Å². The van der Waals surface area contributed by atoms with Crippen molar-refractivity contribution in [2.75, 3.05) is 12.9 Å². The van der Waals surface area contributed by atoms with Crippen molar-refractivity contribution in [3.05, 3.63) is 29.3 Å². The van der Waals surface area contributed by atoms with E-state index >= 15 is 0 Å². The van der Waals surface area contributed by atoms with Crippen LogP contribution in [0.2, 0.25) is 0 Å². The minimum atomic E-state index is 0.288. The number of aryl methyl sites for hydroxylation is 1. The van der Waals surface area contributed by atoms with E-state index in [1.54, 1.807) is 7.11 Å². The molecule has 2 rings (SSSR count). The molecule has 1 heterocycles. The van der Waals surface area contributed by atoms with E-state index < -0.39 is 0 Å². The number of thioether (sulfide) groups is 1. The molecule has 0 radical (unpaired) electrons. The molecule has 15 heavy (non-hydrogen) atoms. The summed E-state index contributed by atoms with van der Waals surface area (Å²) >= 11 is 2.03. The molecule has 0 spiro atoms. The highest BCUT2D eigenvalue weighted by Gasteiger charge is 2.36. The highest BCUT2D eigenvalue weighted by Crippen LogP contribution is 2.51. The van der Waals surface area contributed by atoms with E-state index in [1.807, 2.05) is 11.8 Å². The van der Waals surface area contributed by atoms with Crippen LogP contribution in [0.3, 0.4) is 0 Å². The summed E-state index contributed by atoms with van der Waals surface area (Å²) in [5, 5.41) is 0. The summed E-state index contributed by atoms with van der Waals surface area (Å²) in [6.07, 6.45) is 2.36. The largest absolute Gasteiger partial charge is 0.496 e. The van der Waals surface area contributed by atoms with Gasteiger partial charge in [-0.25, -0.2) is 0 Å². The van der Waals surface area contributed by atoms with Crippen molar-refractivity contribution < 1.29 is 4.74 Å². The van der Waals surface area contributed by atoms with Gasteiger partial charge in [-0.1, -0.05) is 19.1 Å². The van der Waals surface area contributed by atoms with Gasteiger partial charge in [0.25, 0.3) is 0 Å². The van der Waals surface area contributed by atoms with Gasteiger partial charge in [0.15, 0.2) is 0 Å². The van der Waals surface area contributed by atoms with Gasteiger partial charge in [0.2, 0.25) is 0 Å². The minimum absolute atomic E-state index is 0.288. The van der Waals surface area contributed by atoms with Gasteiger partial charge in [0.1, 0.15) is 5.75 Å². The first kappa shape index (κ1) is 10.9. The molecule has 1 atom stereocenters. The third-order valence-corrected chi connectivity index (χ3v) is 4.71. The van der Waals surface area contributed by atoms with E-state index in [4.69, 9.17) is 4.74 Å². The van der Waals surface area contributed by atoms with Crippen molar-refractivity contribution >= 4 is 11.8 Å². The second-order valence-corrected chi connectivity index (χ2v) is 5.82. The third kappa shape index (κ3) is 1.87. The van der Waals surface area contributed by atoms with Crippen LogP contribution in [0.5, 0.6) is 5.75 Å². The molecule has 0 amide bonds. The fraction of sp³-hybridized carbons (Fsp3) is 0.538. The Balaban J connectivity index is 2.41. The van der Waals surface area contributed by atoms with E-state index in [-0.39, 0.29) is 4.75 Å². The number of benzene rings is 1. The molecule has 82 valence electrons. The SMILES string of the molecule is CCc1ccc(OC)c(C2(C)CCS2)c1. The molecule has 1 saturated heterocycles. The Morgan fingerprint density at radius 2 is 2.20 bits per heavy atom. The number of methoxy groups -OCH3 is 1.